The maximum Gasteiger partial charge on any atom is 0.290 e. The highest BCUT2D eigenvalue weighted by molar-refractivity contribution is 5.35. The van der Waals surface area contributed by atoms with Crippen molar-refractivity contribution < 1.29 is 5.11 Å². The number of aromatic nitrogens is 2. The van der Waals surface area contributed by atoms with Gasteiger partial charge in [-0.3, -0.25) is 4.79 Å². The van der Waals surface area contributed by atoms with Gasteiger partial charge in [0.1, 0.15) is 0 Å². The Morgan fingerprint density at radius 2 is 2.53 bits per heavy atom. The predicted octanol–water partition coefficient (Wildman–Crippen LogP) is 1.12. The highest BCUT2D eigenvalue weighted by atomic mass is 16.3. The molecule has 0 spiro atoms. The molecule has 0 amide bonds. The van der Waals surface area contributed by atoms with Crippen molar-refractivity contribution >= 4 is 5.82 Å². The first kappa shape index (κ1) is 12.1. The van der Waals surface area contributed by atoms with E-state index >= 15 is 0 Å². The van der Waals surface area contributed by atoms with Crippen LogP contribution in [0.4, 0.5) is 5.82 Å². The molecule has 2 unspecified atom stereocenters. The molecule has 3 N–H and O–H groups in total. The zero-order valence-corrected chi connectivity index (χ0v) is 10.1. The van der Waals surface area contributed by atoms with Gasteiger partial charge in [-0.1, -0.05) is 19.8 Å². The molecule has 0 radical (unpaired) electrons. The lowest BCUT2D eigenvalue weighted by Crippen LogP contribution is -2.47. The molecule has 5 heteroatoms. The second kappa shape index (κ2) is 4.87. The average Bonchev–Trinajstić information content (AvgIpc) is 2.32. The highest BCUT2D eigenvalue weighted by Gasteiger charge is 2.35. The normalized spacial score (nSPS) is 28.9. The summed E-state index contributed by atoms with van der Waals surface area (Å²) in [5, 5.41) is 12.7. The van der Waals surface area contributed by atoms with E-state index in [-0.39, 0.29) is 17.7 Å². The molecule has 0 aliphatic heterocycles. The second-order valence-electron chi connectivity index (χ2n) is 5.03. The molecule has 1 saturated carbocycles. The number of hydrogen-bond acceptors (Lipinski definition) is 4. The number of nitrogens with one attached hydrogen (secondary N) is 2. The van der Waals surface area contributed by atoms with Crippen LogP contribution in [0, 0.1) is 5.92 Å². The Kier molecular flexibility index (Phi) is 3.47. The molecule has 1 aliphatic rings. The topological polar surface area (TPSA) is 78.0 Å². The molecule has 0 saturated heterocycles. The number of rotatable bonds is 3. The van der Waals surface area contributed by atoms with Crippen LogP contribution in [0.15, 0.2) is 17.2 Å². The Morgan fingerprint density at radius 3 is 3.18 bits per heavy atom. The van der Waals surface area contributed by atoms with Crippen LogP contribution < -0.4 is 10.9 Å². The minimum Gasteiger partial charge on any atom is -0.394 e. The molecule has 1 heterocycles. The van der Waals surface area contributed by atoms with Gasteiger partial charge in [0, 0.05) is 12.4 Å². The fourth-order valence-electron chi connectivity index (χ4n) is 2.65. The van der Waals surface area contributed by atoms with Crippen LogP contribution in [0.1, 0.15) is 32.6 Å². The Labute approximate surface area is 100 Å². The number of H-pyrrole nitrogens is 1. The second-order valence-corrected chi connectivity index (χ2v) is 5.03. The number of hydrogen-bond donors (Lipinski definition) is 3. The Bertz CT molecular complexity index is 432. The summed E-state index contributed by atoms with van der Waals surface area (Å²) in [6, 6.07) is 0. The van der Waals surface area contributed by atoms with E-state index < -0.39 is 0 Å². The molecule has 94 valence electrons. The van der Waals surface area contributed by atoms with Gasteiger partial charge in [-0.25, -0.2) is 4.98 Å². The smallest absolute Gasteiger partial charge is 0.290 e. The maximum absolute atomic E-state index is 11.6. The fraction of sp³-hybridized carbons (Fsp3) is 0.667. The third-order valence-electron chi connectivity index (χ3n) is 3.49. The van der Waals surface area contributed by atoms with Gasteiger partial charge in [-0.15, -0.1) is 0 Å². The fourth-order valence-corrected chi connectivity index (χ4v) is 2.65. The van der Waals surface area contributed by atoms with E-state index in [0.29, 0.717) is 11.7 Å². The van der Waals surface area contributed by atoms with Crippen LogP contribution in [0.5, 0.6) is 0 Å². The van der Waals surface area contributed by atoms with Crippen molar-refractivity contribution in [1.29, 1.82) is 0 Å². The molecule has 2 rings (SSSR count). The van der Waals surface area contributed by atoms with E-state index in [2.05, 4.69) is 22.2 Å². The van der Waals surface area contributed by atoms with Gasteiger partial charge in [0.05, 0.1) is 12.1 Å². The Hall–Kier alpha value is -1.36. The molecule has 2 atom stereocenters. The monoisotopic (exact) mass is 237 g/mol. The van der Waals surface area contributed by atoms with Gasteiger partial charge >= 0.3 is 0 Å². The van der Waals surface area contributed by atoms with Crippen LogP contribution in [0.2, 0.25) is 0 Å². The first-order chi connectivity index (χ1) is 8.15. The number of anilines is 1. The van der Waals surface area contributed by atoms with Crippen molar-refractivity contribution in [3.63, 3.8) is 0 Å². The molecule has 0 aromatic carbocycles. The van der Waals surface area contributed by atoms with E-state index in [1.807, 2.05) is 0 Å². The van der Waals surface area contributed by atoms with Crippen LogP contribution in [-0.4, -0.2) is 27.2 Å². The lowest BCUT2D eigenvalue weighted by molar-refractivity contribution is 0.149. The SMILES string of the molecule is CC1CCCC(CO)(Nc2ncc[nH]c2=O)C1. The number of aliphatic hydroxyl groups is 1. The van der Waals surface area contributed by atoms with E-state index in [0.717, 1.165) is 19.3 Å². The maximum atomic E-state index is 11.6. The van der Waals surface area contributed by atoms with Crippen molar-refractivity contribution in [2.75, 3.05) is 11.9 Å². The van der Waals surface area contributed by atoms with E-state index in [1.165, 1.54) is 12.6 Å². The summed E-state index contributed by atoms with van der Waals surface area (Å²) >= 11 is 0. The van der Waals surface area contributed by atoms with Crippen molar-refractivity contribution in [1.82, 2.24) is 9.97 Å². The predicted molar refractivity (Wildman–Crippen MR) is 65.9 cm³/mol. The summed E-state index contributed by atoms with van der Waals surface area (Å²) in [5.74, 6) is 0.863. The van der Waals surface area contributed by atoms with Gasteiger partial charge in [-0.05, 0) is 18.8 Å². The zero-order chi connectivity index (χ0) is 12.3. The Balaban J connectivity index is 2.20. The third kappa shape index (κ3) is 2.66. The molecule has 1 aromatic heterocycles. The largest absolute Gasteiger partial charge is 0.394 e. The van der Waals surface area contributed by atoms with Crippen molar-refractivity contribution in [2.45, 2.75) is 38.1 Å². The molecule has 1 aromatic rings. The summed E-state index contributed by atoms with van der Waals surface area (Å²) in [6.07, 6.45) is 7.05. The average molecular weight is 237 g/mol. The number of aromatic amines is 1. The first-order valence-electron chi connectivity index (χ1n) is 6.08. The van der Waals surface area contributed by atoms with Gasteiger partial charge in [0.25, 0.3) is 5.56 Å². The van der Waals surface area contributed by atoms with Crippen LogP contribution in [0.25, 0.3) is 0 Å². The minimum atomic E-state index is -0.390. The highest BCUT2D eigenvalue weighted by Crippen LogP contribution is 2.33. The summed E-state index contributed by atoms with van der Waals surface area (Å²) in [4.78, 5) is 18.2. The quantitative estimate of drug-likeness (QED) is 0.736. The van der Waals surface area contributed by atoms with Gasteiger partial charge < -0.3 is 15.4 Å². The van der Waals surface area contributed by atoms with Crippen LogP contribution >= 0.6 is 0 Å². The molecule has 1 fully saturated rings. The summed E-state index contributed by atoms with van der Waals surface area (Å²) < 4.78 is 0. The molecule has 0 bridgehead atoms. The lowest BCUT2D eigenvalue weighted by Gasteiger charge is -2.39. The number of nitrogens with zero attached hydrogens (tertiary/aromatic N) is 1. The van der Waals surface area contributed by atoms with E-state index in [4.69, 9.17) is 0 Å². The van der Waals surface area contributed by atoms with Crippen LogP contribution in [0.3, 0.4) is 0 Å². The molecule has 1 aliphatic carbocycles. The summed E-state index contributed by atoms with van der Waals surface area (Å²) in [6.45, 7) is 2.21. The molecular formula is C12H19N3O2. The lowest BCUT2D eigenvalue weighted by atomic mass is 9.77. The number of aliphatic hydroxyl groups excluding tert-OH is 1. The molecule has 5 nitrogen and oxygen atoms in total. The summed E-state index contributed by atoms with van der Waals surface area (Å²) in [5.41, 5.74) is -0.627. The van der Waals surface area contributed by atoms with Crippen molar-refractivity contribution in [3.05, 3.63) is 22.7 Å². The first-order valence-corrected chi connectivity index (χ1v) is 6.08. The third-order valence-corrected chi connectivity index (χ3v) is 3.49. The van der Waals surface area contributed by atoms with Crippen molar-refractivity contribution in [2.24, 2.45) is 5.92 Å². The molecular weight excluding hydrogens is 218 g/mol. The Morgan fingerprint density at radius 1 is 1.71 bits per heavy atom. The standard InChI is InChI=1S/C12H19N3O2/c1-9-3-2-4-12(7-9,8-16)15-10-11(17)14-6-5-13-10/h5-6,9,16H,2-4,7-8H2,1H3,(H,13,15)(H,14,17). The van der Waals surface area contributed by atoms with E-state index in [9.17, 15) is 9.90 Å². The van der Waals surface area contributed by atoms with Crippen molar-refractivity contribution in [3.8, 4) is 0 Å². The van der Waals surface area contributed by atoms with Gasteiger partial charge in [0.15, 0.2) is 5.82 Å². The minimum absolute atomic E-state index is 0.0351. The summed E-state index contributed by atoms with van der Waals surface area (Å²) in [7, 11) is 0. The van der Waals surface area contributed by atoms with E-state index in [1.54, 1.807) is 6.20 Å². The van der Waals surface area contributed by atoms with Crippen LogP contribution in [-0.2, 0) is 0 Å². The van der Waals surface area contributed by atoms with Gasteiger partial charge in [0.2, 0.25) is 0 Å². The molecule has 17 heavy (non-hydrogen) atoms. The van der Waals surface area contributed by atoms with Gasteiger partial charge in [-0.2, -0.15) is 0 Å². The zero-order valence-electron chi connectivity index (χ0n) is 10.1.